The first-order chi connectivity index (χ1) is 8.16. The Morgan fingerprint density at radius 1 is 1.47 bits per heavy atom. The van der Waals surface area contributed by atoms with E-state index in [1.165, 1.54) is 11.3 Å². The normalized spacial score (nSPS) is 12.8. The Balaban J connectivity index is 2.06. The molecule has 0 N–H and O–H groups in total. The number of benzene rings is 1. The number of para-hydroxylation sites is 1. The van der Waals surface area contributed by atoms with E-state index in [1.807, 2.05) is 31.2 Å². The Morgan fingerprint density at radius 3 is 2.94 bits per heavy atom. The van der Waals surface area contributed by atoms with E-state index >= 15 is 0 Å². The summed E-state index contributed by atoms with van der Waals surface area (Å²) in [4.78, 5) is 4.41. The monoisotopic (exact) mass is 265 g/mol. The first kappa shape index (κ1) is 12.5. The molecule has 0 aliphatic heterocycles. The second kappa shape index (κ2) is 5.56. The molecule has 2 nitrogen and oxygen atoms in total. The second-order valence-electron chi connectivity index (χ2n) is 4.06. The molecule has 1 heterocycles. The van der Waals surface area contributed by atoms with E-state index in [0.717, 1.165) is 33.0 Å². The van der Waals surface area contributed by atoms with Crippen molar-refractivity contribution >= 4 is 32.4 Å². The number of allylic oxidation sites excluding steroid dienone is 1. The van der Waals surface area contributed by atoms with E-state index in [4.69, 9.17) is 0 Å². The molecule has 0 aliphatic carbocycles. The van der Waals surface area contributed by atoms with Crippen molar-refractivity contribution in [2.45, 2.75) is 24.1 Å². The molecule has 1 unspecified atom stereocenters. The van der Waals surface area contributed by atoms with Crippen LogP contribution < -0.4 is 0 Å². The van der Waals surface area contributed by atoms with Gasteiger partial charge in [-0.15, -0.1) is 17.9 Å². The van der Waals surface area contributed by atoms with Crippen LogP contribution in [0.1, 0.15) is 19.8 Å². The molecule has 0 fully saturated rings. The van der Waals surface area contributed by atoms with E-state index in [9.17, 15) is 4.21 Å². The van der Waals surface area contributed by atoms with E-state index in [-0.39, 0.29) is 0 Å². The first-order valence-corrected chi connectivity index (χ1v) is 7.68. The third-order valence-corrected chi connectivity index (χ3v) is 5.18. The maximum Gasteiger partial charge on any atom is 0.181 e. The highest BCUT2D eigenvalue weighted by molar-refractivity contribution is 7.87. The minimum atomic E-state index is -0.966. The molecule has 1 aromatic heterocycles. The van der Waals surface area contributed by atoms with Crippen LogP contribution in [-0.2, 0) is 10.8 Å². The average Bonchev–Trinajstić information content (AvgIpc) is 2.71. The van der Waals surface area contributed by atoms with Gasteiger partial charge in [0.2, 0.25) is 0 Å². The number of nitrogens with zero attached hydrogens (tertiary/aromatic N) is 1. The standard InChI is InChI=1S/C13H15NOS2/c1-10(2)6-5-9-17(15)13-14-11-7-3-4-8-12(11)16-13/h3-4,7-8H,1,5-6,9H2,2H3. The molecule has 0 saturated heterocycles. The molecule has 0 radical (unpaired) electrons. The van der Waals surface area contributed by atoms with Gasteiger partial charge in [0.1, 0.15) is 0 Å². The predicted octanol–water partition coefficient (Wildman–Crippen LogP) is 3.76. The Hall–Kier alpha value is -1.00. The smallest absolute Gasteiger partial charge is 0.181 e. The molecule has 2 rings (SSSR count). The van der Waals surface area contributed by atoms with Gasteiger partial charge in [-0.25, -0.2) is 4.98 Å². The highest BCUT2D eigenvalue weighted by Gasteiger charge is 2.09. The summed E-state index contributed by atoms with van der Waals surface area (Å²) in [7, 11) is -0.966. The van der Waals surface area contributed by atoms with E-state index < -0.39 is 10.8 Å². The SMILES string of the molecule is C=C(C)CCCS(=O)c1nc2ccccc2s1. The van der Waals surface area contributed by atoms with Crippen molar-refractivity contribution < 1.29 is 4.21 Å². The average molecular weight is 265 g/mol. The van der Waals surface area contributed by atoms with Crippen molar-refractivity contribution in [3.8, 4) is 0 Å². The van der Waals surface area contributed by atoms with Gasteiger partial charge < -0.3 is 0 Å². The number of thiazole rings is 1. The fourth-order valence-electron chi connectivity index (χ4n) is 1.54. The van der Waals surface area contributed by atoms with Gasteiger partial charge in [-0.3, -0.25) is 4.21 Å². The van der Waals surface area contributed by atoms with Crippen molar-refractivity contribution in [3.05, 3.63) is 36.4 Å². The van der Waals surface area contributed by atoms with Crippen LogP contribution in [0.4, 0.5) is 0 Å². The summed E-state index contributed by atoms with van der Waals surface area (Å²) in [5.74, 6) is 0.673. The van der Waals surface area contributed by atoms with Gasteiger partial charge in [0.15, 0.2) is 4.34 Å². The van der Waals surface area contributed by atoms with Crippen LogP contribution in [0.2, 0.25) is 0 Å². The summed E-state index contributed by atoms with van der Waals surface area (Å²) < 4.78 is 13.9. The molecule has 0 saturated carbocycles. The van der Waals surface area contributed by atoms with Crippen LogP contribution in [0.3, 0.4) is 0 Å². The lowest BCUT2D eigenvalue weighted by molar-refractivity contribution is 0.679. The lowest BCUT2D eigenvalue weighted by atomic mass is 10.2. The summed E-state index contributed by atoms with van der Waals surface area (Å²) >= 11 is 1.53. The van der Waals surface area contributed by atoms with Crippen LogP contribution in [0.5, 0.6) is 0 Å². The fraction of sp³-hybridized carbons (Fsp3) is 0.308. The molecule has 2 aromatic rings. The highest BCUT2D eigenvalue weighted by Crippen LogP contribution is 2.24. The van der Waals surface area contributed by atoms with Crippen LogP contribution in [0.15, 0.2) is 40.8 Å². The van der Waals surface area contributed by atoms with Crippen LogP contribution in [0, 0.1) is 0 Å². The van der Waals surface area contributed by atoms with Crippen molar-refractivity contribution in [2.75, 3.05) is 5.75 Å². The number of fused-ring (bicyclic) bond motifs is 1. The number of hydrogen-bond acceptors (Lipinski definition) is 3. The number of rotatable bonds is 5. The zero-order valence-electron chi connectivity index (χ0n) is 9.81. The predicted molar refractivity (Wildman–Crippen MR) is 74.9 cm³/mol. The summed E-state index contributed by atoms with van der Waals surface area (Å²) in [6.45, 7) is 5.85. The summed E-state index contributed by atoms with van der Waals surface area (Å²) in [5, 5.41) is 0. The minimum absolute atomic E-state index is 0.673. The molecule has 0 spiro atoms. The first-order valence-electron chi connectivity index (χ1n) is 5.55. The maximum absolute atomic E-state index is 12.0. The third-order valence-electron chi connectivity index (χ3n) is 2.40. The Bertz CT molecular complexity index is 526. The quantitative estimate of drug-likeness (QED) is 0.770. The van der Waals surface area contributed by atoms with Gasteiger partial charge in [-0.2, -0.15) is 0 Å². The molecule has 90 valence electrons. The van der Waals surface area contributed by atoms with E-state index in [2.05, 4.69) is 11.6 Å². The molecule has 4 heteroatoms. The van der Waals surface area contributed by atoms with E-state index in [1.54, 1.807) is 0 Å². The molecule has 0 bridgehead atoms. The Labute approximate surface area is 108 Å². The van der Waals surface area contributed by atoms with Crippen LogP contribution in [0.25, 0.3) is 10.2 Å². The van der Waals surface area contributed by atoms with Gasteiger partial charge in [0, 0.05) is 5.75 Å². The second-order valence-corrected chi connectivity index (χ2v) is 6.83. The largest absolute Gasteiger partial charge is 0.252 e. The summed E-state index contributed by atoms with van der Waals surface area (Å²) in [5.41, 5.74) is 2.09. The molecular formula is C13H15NOS2. The van der Waals surface area contributed by atoms with Crippen molar-refractivity contribution in [1.82, 2.24) is 4.98 Å². The molecule has 17 heavy (non-hydrogen) atoms. The van der Waals surface area contributed by atoms with Crippen molar-refractivity contribution in [2.24, 2.45) is 0 Å². The topological polar surface area (TPSA) is 30.0 Å². The molecule has 0 aliphatic rings. The van der Waals surface area contributed by atoms with Gasteiger partial charge in [-0.1, -0.05) is 17.7 Å². The zero-order chi connectivity index (χ0) is 12.3. The van der Waals surface area contributed by atoms with Crippen molar-refractivity contribution in [1.29, 1.82) is 0 Å². The lowest BCUT2D eigenvalue weighted by Crippen LogP contribution is -1.97. The molecule has 1 atom stereocenters. The van der Waals surface area contributed by atoms with Crippen LogP contribution in [-0.4, -0.2) is 14.9 Å². The minimum Gasteiger partial charge on any atom is -0.252 e. The third kappa shape index (κ3) is 3.23. The Kier molecular flexibility index (Phi) is 4.07. The van der Waals surface area contributed by atoms with Crippen LogP contribution >= 0.6 is 11.3 Å². The van der Waals surface area contributed by atoms with Gasteiger partial charge in [-0.05, 0) is 31.9 Å². The zero-order valence-corrected chi connectivity index (χ0v) is 11.4. The molecule has 1 aromatic carbocycles. The lowest BCUT2D eigenvalue weighted by Gasteiger charge is -1.98. The van der Waals surface area contributed by atoms with Gasteiger partial charge >= 0.3 is 0 Å². The van der Waals surface area contributed by atoms with Crippen molar-refractivity contribution in [3.63, 3.8) is 0 Å². The van der Waals surface area contributed by atoms with Gasteiger partial charge in [0.25, 0.3) is 0 Å². The summed E-state index contributed by atoms with van der Waals surface area (Å²) in [6.07, 6.45) is 1.86. The van der Waals surface area contributed by atoms with E-state index in [0.29, 0.717) is 5.75 Å². The number of aromatic nitrogens is 1. The Morgan fingerprint density at radius 2 is 2.24 bits per heavy atom. The number of hydrogen-bond donors (Lipinski definition) is 0. The highest BCUT2D eigenvalue weighted by atomic mass is 32.2. The molecular weight excluding hydrogens is 250 g/mol. The van der Waals surface area contributed by atoms with Gasteiger partial charge in [0.05, 0.1) is 21.0 Å². The fourth-order valence-corrected chi connectivity index (χ4v) is 3.91. The maximum atomic E-state index is 12.0. The molecule has 0 amide bonds. The summed E-state index contributed by atoms with van der Waals surface area (Å²) in [6, 6.07) is 7.91.